The molecule has 0 aromatic heterocycles. The van der Waals surface area contributed by atoms with Crippen molar-refractivity contribution in [3.63, 3.8) is 0 Å². The minimum absolute atomic E-state index is 0.202. The number of carbonyl (C=O) groups excluding carboxylic acids is 3. The Balaban J connectivity index is 2.37. The first-order valence-corrected chi connectivity index (χ1v) is 7.42. The fourth-order valence-electron chi connectivity index (χ4n) is 1.62. The Bertz CT molecular complexity index is 531. The van der Waals surface area contributed by atoms with Crippen LogP contribution >= 0.6 is 11.6 Å². The maximum absolute atomic E-state index is 11.8. The molecule has 0 spiro atoms. The first-order valence-electron chi connectivity index (χ1n) is 7.05. The molecular formula is C15H20ClN3O3. The standard InChI is InChI=1S/C15H20ClN3O3/c1-3-8-17-14(21)10(2)19-13(20)9-18-15(22)11-4-6-12(16)7-5-11/h4-7,10H,3,8-9H2,1-2H3,(H,17,21)(H,18,22)(H,19,20)/t10-/m0/s1. The van der Waals surface area contributed by atoms with Crippen LogP contribution in [0.15, 0.2) is 24.3 Å². The fraction of sp³-hybridized carbons (Fsp3) is 0.400. The smallest absolute Gasteiger partial charge is 0.251 e. The van der Waals surface area contributed by atoms with Crippen LogP contribution in [-0.4, -0.2) is 36.9 Å². The molecule has 1 aromatic rings. The number of hydrogen-bond acceptors (Lipinski definition) is 3. The highest BCUT2D eigenvalue weighted by Gasteiger charge is 2.15. The molecule has 1 atom stereocenters. The molecule has 0 fully saturated rings. The van der Waals surface area contributed by atoms with Gasteiger partial charge in [-0.2, -0.15) is 0 Å². The maximum atomic E-state index is 11.8. The Morgan fingerprint density at radius 2 is 1.77 bits per heavy atom. The molecule has 3 N–H and O–H groups in total. The number of rotatable bonds is 7. The summed E-state index contributed by atoms with van der Waals surface area (Å²) >= 11 is 5.73. The lowest BCUT2D eigenvalue weighted by atomic mass is 10.2. The summed E-state index contributed by atoms with van der Waals surface area (Å²) in [6.07, 6.45) is 0.823. The summed E-state index contributed by atoms with van der Waals surface area (Å²) in [7, 11) is 0. The molecule has 0 unspecified atom stereocenters. The predicted octanol–water partition coefficient (Wildman–Crippen LogP) is 1.10. The van der Waals surface area contributed by atoms with E-state index in [-0.39, 0.29) is 18.4 Å². The van der Waals surface area contributed by atoms with Crippen molar-refractivity contribution in [1.82, 2.24) is 16.0 Å². The highest BCUT2D eigenvalue weighted by molar-refractivity contribution is 6.30. The average Bonchev–Trinajstić information content (AvgIpc) is 2.50. The average molecular weight is 326 g/mol. The Morgan fingerprint density at radius 1 is 1.14 bits per heavy atom. The molecule has 0 saturated carbocycles. The van der Waals surface area contributed by atoms with E-state index in [2.05, 4.69) is 16.0 Å². The van der Waals surface area contributed by atoms with Crippen LogP contribution in [0.5, 0.6) is 0 Å². The third kappa shape index (κ3) is 6.13. The van der Waals surface area contributed by atoms with Gasteiger partial charge in [-0.05, 0) is 37.6 Å². The number of amides is 3. The van der Waals surface area contributed by atoms with Crippen molar-refractivity contribution in [3.05, 3.63) is 34.9 Å². The lowest BCUT2D eigenvalue weighted by Crippen LogP contribution is -2.48. The molecule has 0 aliphatic rings. The molecule has 7 heteroatoms. The molecule has 0 saturated heterocycles. The molecule has 0 bridgehead atoms. The Morgan fingerprint density at radius 3 is 2.36 bits per heavy atom. The first-order chi connectivity index (χ1) is 10.4. The van der Waals surface area contributed by atoms with Gasteiger partial charge in [0.05, 0.1) is 6.54 Å². The van der Waals surface area contributed by atoms with Crippen molar-refractivity contribution < 1.29 is 14.4 Å². The summed E-state index contributed by atoms with van der Waals surface area (Å²) in [5.74, 6) is -1.06. The van der Waals surface area contributed by atoms with Gasteiger partial charge in [0.2, 0.25) is 11.8 Å². The third-order valence-corrected chi connectivity index (χ3v) is 3.09. The van der Waals surface area contributed by atoms with Crippen molar-refractivity contribution in [2.75, 3.05) is 13.1 Å². The normalized spacial score (nSPS) is 11.4. The van der Waals surface area contributed by atoms with Crippen molar-refractivity contribution in [2.45, 2.75) is 26.3 Å². The van der Waals surface area contributed by atoms with Crippen molar-refractivity contribution in [1.29, 1.82) is 0 Å². The van der Waals surface area contributed by atoms with Crippen LogP contribution in [-0.2, 0) is 9.59 Å². The van der Waals surface area contributed by atoms with E-state index in [0.29, 0.717) is 17.1 Å². The molecule has 1 aromatic carbocycles. The van der Waals surface area contributed by atoms with Gasteiger partial charge in [-0.3, -0.25) is 14.4 Å². The highest BCUT2D eigenvalue weighted by Crippen LogP contribution is 2.09. The quantitative estimate of drug-likeness (QED) is 0.701. The van der Waals surface area contributed by atoms with Gasteiger partial charge in [-0.25, -0.2) is 0 Å². The minimum Gasteiger partial charge on any atom is -0.354 e. The van der Waals surface area contributed by atoms with Gasteiger partial charge in [-0.1, -0.05) is 18.5 Å². The predicted molar refractivity (Wildman–Crippen MR) is 84.7 cm³/mol. The van der Waals surface area contributed by atoms with E-state index in [1.165, 1.54) is 0 Å². The largest absolute Gasteiger partial charge is 0.354 e. The second kappa shape index (κ2) is 9.04. The number of halogens is 1. The monoisotopic (exact) mass is 325 g/mol. The molecule has 0 radical (unpaired) electrons. The molecule has 0 aliphatic heterocycles. The lowest BCUT2D eigenvalue weighted by molar-refractivity contribution is -0.128. The summed E-state index contributed by atoms with van der Waals surface area (Å²) in [5.41, 5.74) is 0.408. The molecule has 0 heterocycles. The van der Waals surface area contributed by atoms with E-state index in [9.17, 15) is 14.4 Å². The highest BCUT2D eigenvalue weighted by atomic mass is 35.5. The number of nitrogens with one attached hydrogen (secondary N) is 3. The molecular weight excluding hydrogens is 306 g/mol. The molecule has 1 rings (SSSR count). The van der Waals surface area contributed by atoms with E-state index < -0.39 is 11.9 Å². The van der Waals surface area contributed by atoms with E-state index in [1.54, 1.807) is 31.2 Å². The van der Waals surface area contributed by atoms with Crippen LogP contribution in [0.4, 0.5) is 0 Å². The fourth-order valence-corrected chi connectivity index (χ4v) is 1.75. The van der Waals surface area contributed by atoms with Crippen LogP contribution in [0.3, 0.4) is 0 Å². The van der Waals surface area contributed by atoms with Crippen LogP contribution in [0, 0.1) is 0 Å². The van der Waals surface area contributed by atoms with E-state index in [1.807, 2.05) is 6.92 Å². The SMILES string of the molecule is CCCNC(=O)[C@H](C)NC(=O)CNC(=O)c1ccc(Cl)cc1. The van der Waals surface area contributed by atoms with Gasteiger partial charge >= 0.3 is 0 Å². The number of carbonyl (C=O) groups is 3. The van der Waals surface area contributed by atoms with Gasteiger partial charge in [-0.15, -0.1) is 0 Å². The first kappa shape index (κ1) is 18.0. The van der Waals surface area contributed by atoms with Crippen LogP contribution in [0.1, 0.15) is 30.6 Å². The van der Waals surface area contributed by atoms with Gasteiger partial charge in [0.1, 0.15) is 6.04 Å². The molecule has 120 valence electrons. The third-order valence-electron chi connectivity index (χ3n) is 2.84. The molecule has 22 heavy (non-hydrogen) atoms. The zero-order chi connectivity index (χ0) is 16.5. The maximum Gasteiger partial charge on any atom is 0.251 e. The van der Waals surface area contributed by atoms with Gasteiger partial charge in [0, 0.05) is 17.1 Å². The molecule has 0 aliphatic carbocycles. The zero-order valence-electron chi connectivity index (χ0n) is 12.6. The summed E-state index contributed by atoms with van der Waals surface area (Å²) in [6, 6.07) is 5.67. The van der Waals surface area contributed by atoms with Gasteiger partial charge in [0.25, 0.3) is 5.91 Å². The summed E-state index contributed by atoms with van der Waals surface area (Å²) in [4.78, 5) is 35.1. The second-order valence-corrected chi connectivity index (χ2v) is 5.21. The Labute approximate surface area is 134 Å². The van der Waals surface area contributed by atoms with Gasteiger partial charge in [0.15, 0.2) is 0 Å². The van der Waals surface area contributed by atoms with Gasteiger partial charge < -0.3 is 16.0 Å². The Kier molecular flexibility index (Phi) is 7.39. The zero-order valence-corrected chi connectivity index (χ0v) is 13.4. The second-order valence-electron chi connectivity index (χ2n) is 4.77. The summed E-state index contributed by atoms with van der Waals surface area (Å²) in [6.45, 7) is 3.89. The Hall–Kier alpha value is -2.08. The van der Waals surface area contributed by atoms with E-state index in [4.69, 9.17) is 11.6 Å². The van der Waals surface area contributed by atoms with Crippen LogP contribution in [0.2, 0.25) is 5.02 Å². The van der Waals surface area contributed by atoms with Crippen molar-refractivity contribution in [2.24, 2.45) is 0 Å². The molecule has 3 amide bonds. The van der Waals surface area contributed by atoms with E-state index in [0.717, 1.165) is 6.42 Å². The summed E-state index contributed by atoms with van der Waals surface area (Å²) < 4.78 is 0. The lowest BCUT2D eigenvalue weighted by Gasteiger charge is -2.14. The molecule has 6 nitrogen and oxygen atoms in total. The number of benzene rings is 1. The topological polar surface area (TPSA) is 87.3 Å². The van der Waals surface area contributed by atoms with Crippen molar-refractivity contribution in [3.8, 4) is 0 Å². The van der Waals surface area contributed by atoms with Crippen LogP contribution in [0.25, 0.3) is 0 Å². The van der Waals surface area contributed by atoms with E-state index >= 15 is 0 Å². The number of hydrogen-bond donors (Lipinski definition) is 3. The van der Waals surface area contributed by atoms with Crippen molar-refractivity contribution >= 4 is 29.3 Å². The van der Waals surface area contributed by atoms with Crippen LogP contribution < -0.4 is 16.0 Å². The summed E-state index contributed by atoms with van der Waals surface area (Å²) in [5, 5.41) is 8.21. The minimum atomic E-state index is -0.647.